The number of methoxy groups -OCH3 is 1. The minimum atomic E-state index is -0.340. The van der Waals surface area contributed by atoms with E-state index in [4.69, 9.17) is 16.3 Å². The molecular formula is C18H28ClNO2. The number of ether oxygens (including phenoxy) is 1. The first-order valence-electron chi connectivity index (χ1n) is 8.04. The van der Waals surface area contributed by atoms with Gasteiger partial charge < -0.3 is 9.64 Å². The van der Waals surface area contributed by atoms with E-state index in [1.54, 1.807) is 6.07 Å². The Balaban J connectivity index is 3.04. The minimum Gasteiger partial charge on any atom is -0.465 e. The van der Waals surface area contributed by atoms with Crippen molar-refractivity contribution in [2.24, 2.45) is 5.92 Å². The quantitative estimate of drug-likeness (QED) is 0.624. The lowest BCUT2D eigenvalue weighted by molar-refractivity contribution is 0.0600. The van der Waals surface area contributed by atoms with Crippen molar-refractivity contribution < 1.29 is 9.53 Å². The number of anilines is 1. The molecule has 0 spiro atoms. The van der Waals surface area contributed by atoms with Crippen LogP contribution in [0.2, 0.25) is 5.02 Å². The molecule has 22 heavy (non-hydrogen) atoms. The van der Waals surface area contributed by atoms with Gasteiger partial charge in [-0.25, -0.2) is 4.79 Å². The highest BCUT2D eigenvalue weighted by molar-refractivity contribution is 6.31. The summed E-state index contributed by atoms with van der Waals surface area (Å²) in [5, 5.41) is 0.565. The van der Waals surface area contributed by atoms with Crippen LogP contribution in [0.5, 0.6) is 0 Å². The molecule has 0 saturated heterocycles. The molecule has 3 nitrogen and oxygen atoms in total. The van der Waals surface area contributed by atoms with E-state index in [1.165, 1.54) is 32.8 Å². The lowest BCUT2D eigenvalue weighted by atomic mass is 9.97. The molecule has 0 aliphatic heterocycles. The van der Waals surface area contributed by atoms with E-state index in [0.717, 1.165) is 17.8 Å². The van der Waals surface area contributed by atoms with Crippen molar-refractivity contribution in [2.45, 2.75) is 46.5 Å². The maximum Gasteiger partial charge on any atom is 0.338 e. The van der Waals surface area contributed by atoms with Crippen molar-refractivity contribution in [1.82, 2.24) is 0 Å². The number of carbonyl (C=O) groups excluding carboxylic acids is 1. The Hall–Kier alpha value is -1.22. The van der Waals surface area contributed by atoms with Crippen LogP contribution in [0.4, 0.5) is 5.69 Å². The Morgan fingerprint density at radius 1 is 1.27 bits per heavy atom. The van der Waals surface area contributed by atoms with Gasteiger partial charge in [-0.15, -0.1) is 0 Å². The molecule has 0 aliphatic carbocycles. The van der Waals surface area contributed by atoms with Gasteiger partial charge in [-0.1, -0.05) is 38.3 Å². The van der Waals surface area contributed by atoms with Crippen LogP contribution in [-0.2, 0) is 4.74 Å². The SMILES string of the molecule is CCCC(CCC)CN(C)c1cc(Cl)cc(C(=O)OC)c1C. The second-order valence-corrected chi connectivity index (χ2v) is 6.35. The third kappa shape index (κ3) is 4.91. The van der Waals surface area contributed by atoms with Gasteiger partial charge in [0, 0.05) is 24.3 Å². The average molecular weight is 326 g/mol. The molecular weight excluding hydrogens is 298 g/mol. The Morgan fingerprint density at radius 3 is 2.36 bits per heavy atom. The van der Waals surface area contributed by atoms with E-state index >= 15 is 0 Å². The predicted octanol–water partition coefficient (Wildman–Crippen LogP) is 5.09. The normalized spacial score (nSPS) is 10.9. The summed E-state index contributed by atoms with van der Waals surface area (Å²) < 4.78 is 4.85. The van der Waals surface area contributed by atoms with E-state index in [0.29, 0.717) is 16.5 Å². The van der Waals surface area contributed by atoms with Gasteiger partial charge in [0.2, 0.25) is 0 Å². The van der Waals surface area contributed by atoms with Crippen LogP contribution in [0.15, 0.2) is 12.1 Å². The van der Waals surface area contributed by atoms with E-state index in [2.05, 4.69) is 25.8 Å². The summed E-state index contributed by atoms with van der Waals surface area (Å²) in [6.07, 6.45) is 4.84. The van der Waals surface area contributed by atoms with Crippen molar-refractivity contribution in [3.63, 3.8) is 0 Å². The molecule has 0 unspecified atom stereocenters. The fourth-order valence-electron chi connectivity index (χ4n) is 3.01. The first kappa shape index (κ1) is 18.8. The number of hydrogen-bond acceptors (Lipinski definition) is 3. The molecule has 0 amide bonds. The van der Waals surface area contributed by atoms with Gasteiger partial charge in [0.25, 0.3) is 0 Å². The van der Waals surface area contributed by atoms with Crippen LogP contribution >= 0.6 is 11.6 Å². The van der Waals surface area contributed by atoms with Gasteiger partial charge in [0.15, 0.2) is 0 Å². The lowest BCUT2D eigenvalue weighted by Gasteiger charge is -2.27. The summed E-state index contributed by atoms with van der Waals surface area (Å²) in [5.74, 6) is 0.327. The van der Waals surface area contributed by atoms with Crippen molar-refractivity contribution in [3.8, 4) is 0 Å². The fourth-order valence-corrected chi connectivity index (χ4v) is 3.22. The highest BCUT2D eigenvalue weighted by atomic mass is 35.5. The highest BCUT2D eigenvalue weighted by Crippen LogP contribution is 2.29. The number of rotatable bonds is 8. The summed E-state index contributed by atoms with van der Waals surface area (Å²) in [5.41, 5.74) is 2.47. The summed E-state index contributed by atoms with van der Waals surface area (Å²) in [6, 6.07) is 3.61. The highest BCUT2D eigenvalue weighted by Gasteiger charge is 2.18. The van der Waals surface area contributed by atoms with Crippen LogP contribution in [0.1, 0.15) is 55.5 Å². The average Bonchev–Trinajstić information content (AvgIpc) is 2.48. The lowest BCUT2D eigenvalue weighted by Crippen LogP contribution is -2.26. The zero-order valence-electron chi connectivity index (χ0n) is 14.4. The van der Waals surface area contributed by atoms with E-state index in [9.17, 15) is 4.79 Å². The van der Waals surface area contributed by atoms with Crippen molar-refractivity contribution in [2.75, 3.05) is 25.6 Å². The molecule has 0 N–H and O–H groups in total. The Labute approximate surface area is 139 Å². The van der Waals surface area contributed by atoms with Crippen LogP contribution in [0, 0.1) is 12.8 Å². The van der Waals surface area contributed by atoms with Crippen LogP contribution in [-0.4, -0.2) is 26.7 Å². The van der Waals surface area contributed by atoms with Crippen molar-refractivity contribution in [1.29, 1.82) is 0 Å². The molecule has 0 fully saturated rings. The molecule has 0 aromatic heterocycles. The number of benzene rings is 1. The third-order valence-corrected chi connectivity index (χ3v) is 4.31. The standard InChI is InChI=1S/C18H28ClNO2/c1-6-8-14(9-7-2)12-20(4)17-11-15(19)10-16(13(17)3)18(21)22-5/h10-11,14H,6-9,12H2,1-5H3. The molecule has 0 heterocycles. The first-order chi connectivity index (χ1) is 10.4. The molecule has 4 heteroatoms. The molecule has 1 rings (SSSR count). The van der Waals surface area contributed by atoms with Gasteiger partial charge in [-0.05, 0) is 43.4 Å². The van der Waals surface area contributed by atoms with E-state index in [-0.39, 0.29) is 5.97 Å². The van der Waals surface area contributed by atoms with Crippen LogP contribution in [0.25, 0.3) is 0 Å². The molecule has 124 valence electrons. The van der Waals surface area contributed by atoms with E-state index < -0.39 is 0 Å². The second-order valence-electron chi connectivity index (χ2n) is 5.91. The number of esters is 1. The van der Waals surface area contributed by atoms with Gasteiger partial charge in [0.1, 0.15) is 0 Å². The largest absolute Gasteiger partial charge is 0.465 e. The summed E-state index contributed by atoms with van der Waals surface area (Å²) in [7, 11) is 3.46. The van der Waals surface area contributed by atoms with Gasteiger partial charge in [-0.3, -0.25) is 0 Å². The van der Waals surface area contributed by atoms with Crippen molar-refractivity contribution >= 4 is 23.3 Å². The first-order valence-corrected chi connectivity index (χ1v) is 8.41. The number of carbonyl (C=O) groups is 1. The molecule has 1 aromatic carbocycles. The smallest absolute Gasteiger partial charge is 0.338 e. The maximum absolute atomic E-state index is 11.9. The van der Waals surface area contributed by atoms with Crippen molar-refractivity contribution in [3.05, 3.63) is 28.3 Å². The monoisotopic (exact) mass is 325 g/mol. The third-order valence-electron chi connectivity index (χ3n) is 4.09. The predicted molar refractivity (Wildman–Crippen MR) is 94.1 cm³/mol. The zero-order valence-corrected chi connectivity index (χ0v) is 15.2. The van der Waals surface area contributed by atoms with Gasteiger partial charge in [0.05, 0.1) is 12.7 Å². The van der Waals surface area contributed by atoms with Gasteiger partial charge in [-0.2, -0.15) is 0 Å². The minimum absolute atomic E-state index is 0.340. The van der Waals surface area contributed by atoms with E-state index in [1.807, 2.05) is 13.0 Å². The van der Waals surface area contributed by atoms with Crippen LogP contribution < -0.4 is 4.90 Å². The summed E-state index contributed by atoms with van der Waals surface area (Å²) >= 11 is 6.19. The Morgan fingerprint density at radius 2 is 1.86 bits per heavy atom. The second kappa shape index (κ2) is 9.04. The Kier molecular flexibility index (Phi) is 7.74. The number of halogens is 1. The fraction of sp³-hybridized carbons (Fsp3) is 0.611. The summed E-state index contributed by atoms with van der Waals surface area (Å²) in [4.78, 5) is 14.1. The number of nitrogens with zero attached hydrogens (tertiary/aromatic N) is 1. The molecule has 0 bridgehead atoms. The molecule has 0 radical (unpaired) electrons. The molecule has 1 aromatic rings. The summed E-state index contributed by atoms with van der Waals surface area (Å²) in [6.45, 7) is 7.37. The maximum atomic E-state index is 11.9. The number of hydrogen-bond donors (Lipinski definition) is 0. The molecule has 0 aliphatic rings. The van der Waals surface area contributed by atoms with Gasteiger partial charge >= 0.3 is 5.97 Å². The molecule has 0 atom stereocenters. The topological polar surface area (TPSA) is 29.5 Å². The Bertz CT molecular complexity index is 496. The molecule has 0 saturated carbocycles. The zero-order chi connectivity index (χ0) is 16.7. The van der Waals surface area contributed by atoms with Crippen LogP contribution in [0.3, 0.4) is 0 Å².